The Morgan fingerprint density at radius 3 is 2.60 bits per heavy atom. The molecule has 10 nitrogen and oxygen atoms in total. The zero-order chi connectivity index (χ0) is 20.9. The molecule has 2 amide bonds. The second-order valence-corrected chi connectivity index (χ2v) is 7.97. The largest absolute Gasteiger partial charge is 0.323 e. The highest BCUT2D eigenvalue weighted by Gasteiger charge is 2.43. The third-order valence-corrected chi connectivity index (χ3v) is 5.39. The summed E-state index contributed by atoms with van der Waals surface area (Å²) >= 11 is 6.27. The van der Waals surface area contributed by atoms with E-state index in [-0.39, 0.29) is 5.41 Å². The monoisotopic (exact) mass is 423 g/mol. The molecule has 11 heteroatoms. The molecular formula is C19H18ClN9O. The Kier molecular flexibility index (Phi) is 4.17. The number of aromatic nitrogens is 7. The summed E-state index contributed by atoms with van der Waals surface area (Å²) in [6.45, 7) is 4.08. The fraction of sp³-hybridized carbons (Fsp3) is 0.263. The minimum atomic E-state index is -0.423. The van der Waals surface area contributed by atoms with Gasteiger partial charge in [0.25, 0.3) is 0 Å². The lowest BCUT2D eigenvalue weighted by molar-refractivity contribution is 0.262. The van der Waals surface area contributed by atoms with Crippen LogP contribution in [-0.4, -0.2) is 40.6 Å². The Labute approximate surface area is 176 Å². The number of anilines is 2. The van der Waals surface area contributed by atoms with Crippen LogP contribution in [0.2, 0.25) is 5.02 Å². The van der Waals surface area contributed by atoms with Gasteiger partial charge in [-0.1, -0.05) is 18.5 Å². The van der Waals surface area contributed by atoms with Crippen LogP contribution in [0.15, 0.2) is 36.9 Å². The lowest BCUT2D eigenvalue weighted by Gasteiger charge is -2.17. The summed E-state index contributed by atoms with van der Waals surface area (Å²) in [5, 5.41) is 18.5. The normalized spacial score (nSPS) is 14.6. The first-order valence-electron chi connectivity index (χ1n) is 9.39. The maximum atomic E-state index is 12.7. The van der Waals surface area contributed by atoms with Gasteiger partial charge in [0.2, 0.25) is 0 Å². The summed E-state index contributed by atoms with van der Waals surface area (Å²) in [4.78, 5) is 22.6. The van der Waals surface area contributed by atoms with Crippen molar-refractivity contribution in [1.29, 1.82) is 0 Å². The van der Waals surface area contributed by atoms with E-state index < -0.39 is 6.03 Å². The number of nitrogens with zero attached hydrogens (tertiary/aromatic N) is 7. The van der Waals surface area contributed by atoms with Crippen LogP contribution in [0.5, 0.6) is 0 Å². The first-order valence-corrected chi connectivity index (χ1v) is 9.77. The van der Waals surface area contributed by atoms with Crippen molar-refractivity contribution in [2.75, 3.05) is 10.6 Å². The van der Waals surface area contributed by atoms with Crippen molar-refractivity contribution in [3.63, 3.8) is 0 Å². The number of fused-ring (bicyclic) bond motifs is 1. The third-order valence-electron chi connectivity index (χ3n) is 5.11. The molecule has 0 aromatic carbocycles. The molecule has 0 unspecified atom stereocenters. The van der Waals surface area contributed by atoms with Gasteiger partial charge < -0.3 is 10.6 Å². The maximum absolute atomic E-state index is 12.7. The highest BCUT2D eigenvalue weighted by Crippen LogP contribution is 2.49. The quantitative estimate of drug-likeness (QED) is 0.520. The van der Waals surface area contributed by atoms with E-state index in [0.717, 1.165) is 29.9 Å². The van der Waals surface area contributed by atoms with Crippen molar-refractivity contribution in [2.24, 2.45) is 0 Å². The molecule has 2 N–H and O–H groups in total. The molecule has 0 spiro atoms. The smallest absolute Gasteiger partial charge is 0.306 e. The summed E-state index contributed by atoms with van der Waals surface area (Å²) in [6, 6.07) is 3.09. The summed E-state index contributed by atoms with van der Waals surface area (Å²) in [5.41, 5.74) is 3.62. The zero-order valence-electron chi connectivity index (χ0n) is 16.3. The lowest BCUT2D eigenvalue weighted by Crippen LogP contribution is -2.23. The van der Waals surface area contributed by atoms with Crippen molar-refractivity contribution in [2.45, 2.75) is 32.1 Å². The Balaban J connectivity index is 1.40. The molecule has 0 bridgehead atoms. The molecule has 1 aliphatic carbocycles. The molecule has 0 atom stereocenters. The number of urea groups is 1. The molecule has 152 valence electrons. The molecule has 1 saturated carbocycles. The maximum Gasteiger partial charge on any atom is 0.323 e. The van der Waals surface area contributed by atoms with Crippen molar-refractivity contribution in [3.05, 3.63) is 53.3 Å². The number of rotatable bonds is 4. The molecule has 0 saturated heterocycles. The molecule has 5 rings (SSSR count). The average molecular weight is 424 g/mol. The fourth-order valence-corrected chi connectivity index (χ4v) is 3.64. The van der Waals surface area contributed by atoms with Crippen LogP contribution in [0.1, 0.15) is 31.2 Å². The van der Waals surface area contributed by atoms with Gasteiger partial charge in [0, 0.05) is 11.5 Å². The van der Waals surface area contributed by atoms with Crippen LogP contribution in [-0.2, 0) is 5.41 Å². The predicted molar refractivity (Wildman–Crippen MR) is 111 cm³/mol. The molecular weight excluding hydrogens is 406 g/mol. The SMILES string of the molecule is Cc1cc2ncc(NC(=O)Nc3cnc(-n4nccn4)c(Cl)c3)c(C3(C)CC3)n2n1. The molecule has 1 aliphatic rings. The van der Waals surface area contributed by atoms with Gasteiger partial charge in [0.1, 0.15) is 0 Å². The van der Waals surface area contributed by atoms with E-state index in [2.05, 4.69) is 42.8 Å². The van der Waals surface area contributed by atoms with Gasteiger partial charge in [-0.25, -0.2) is 19.3 Å². The summed E-state index contributed by atoms with van der Waals surface area (Å²) in [6.07, 6.45) is 8.29. The van der Waals surface area contributed by atoms with Crippen LogP contribution in [0.4, 0.5) is 16.2 Å². The Morgan fingerprint density at radius 1 is 1.13 bits per heavy atom. The lowest BCUT2D eigenvalue weighted by atomic mass is 10.0. The van der Waals surface area contributed by atoms with Gasteiger partial charge in [0.15, 0.2) is 11.5 Å². The van der Waals surface area contributed by atoms with Gasteiger partial charge in [-0.05, 0) is 25.8 Å². The summed E-state index contributed by atoms with van der Waals surface area (Å²) in [5.74, 6) is 0.375. The summed E-state index contributed by atoms with van der Waals surface area (Å²) < 4.78 is 1.82. The number of nitrogens with one attached hydrogen (secondary N) is 2. The van der Waals surface area contributed by atoms with Crippen LogP contribution < -0.4 is 10.6 Å². The highest BCUT2D eigenvalue weighted by atomic mass is 35.5. The van der Waals surface area contributed by atoms with E-state index in [1.165, 1.54) is 23.4 Å². The van der Waals surface area contributed by atoms with Crippen LogP contribution in [0, 0.1) is 6.92 Å². The molecule has 1 fully saturated rings. The topological polar surface area (TPSA) is 115 Å². The molecule has 30 heavy (non-hydrogen) atoms. The van der Waals surface area contributed by atoms with Gasteiger partial charge in [-0.2, -0.15) is 15.3 Å². The molecule has 0 radical (unpaired) electrons. The first kappa shape index (κ1) is 18.5. The minimum Gasteiger partial charge on any atom is -0.306 e. The number of hydrogen-bond donors (Lipinski definition) is 2. The summed E-state index contributed by atoms with van der Waals surface area (Å²) in [7, 11) is 0. The van der Waals surface area contributed by atoms with Crippen LogP contribution in [0.25, 0.3) is 11.5 Å². The number of amides is 2. The average Bonchev–Trinajstić information content (AvgIpc) is 3.08. The van der Waals surface area contributed by atoms with E-state index in [9.17, 15) is 4.79 Å². The van der Waals surface area contributed by atoms with E-state index in [0.29, 0.717) is 22.2 Å². The number of halogens is 1. The first-order chi connectivity index (χ1) is 14.4. The van der Waals surface area contributed by atoms with Gasteiger partial charge >= 0.3 is 6.03 Å². The second-order valence-electron chi connectivity index (χ2n) is 7.56. The van der Waals surface area contributed by atoms with E-state index in [1.807, 2.05) is 17.5 Å². The van der Waals surface area contributed by atoms with Crippen LogP contribution in [0.3, 0.4) is 0 Å². The van der Waals surface area contributed by atoms with Crippen molar-refractivity contribution >= 4 is 34.7 Å². The molecule has 0 aliphatic heterocycles. The van der Waals surface area contributed by atoms with Crippen LogP contribution >= 0.6 is 11.6 Å². The van der Waals surface area contributed by atoms with Gasteiger partial charge in [0.05, 0.1) is 52.6 Å². The minimum absolute atomic E-state index is 0.0362. The van der Waals surface area contributed by atoms with E-state index in [4.69, 9.17) is 11.6 Å². The van der Waals surface area contributed by atoms with Gasteiger partial charge in [-0.15, -0.1) is 4.80 Å². The molecule has 4 aromatic rings. The van der Waals surface area contributed by atoms with Gasteiger partial charge in [-0.3, -0.25) is 0 Å². The number of hydrogen-bond acceptors (Lipinski definition) is 6. The molecule has 4 aromatic heterocycles. The molecule has 4 heterocycles. The standard InChI is InChI=1S/C19H18ClN9O/c1-11-7-15-21-10-14(16(28(15)27-11)19(2)3-4-19)26-18(30)25-12-8-13(20)17(22-9-12)29-23-5-6-24-29/h5-10H,3-4H2,1-2H3,(H2,25,26,30). The van der Waals surface area contributed by atoms with E-state index >= 15 is 0 Å². The second kappa shape index (κ2) is 6.77. The number of aryl methyl sites for hydroxylation is 1. The third kappa shape index (κ3) is 3.24. The van der Waals surface area contributed by atoms with Crippen molar-refractivity contribution < 1.29 is 4.79 Å². The predicted octanol–water partition coefficient (Wildman–Crippen LogP) is 3.36. The Hall–Kier alpha value is -3.53. The highest BCUT2D eigenvalue weighted by molar-refractivity contribution is 6.32. The van der Waals surface area contributed by atoms with E-state index in [1.54, 1.807) is 12.3 Å². The number of pyridine rings is 1. The fourth-order valence-electron chi connectivity index (χ4n) is 3.40. The van der Waals surface area contributed by atoms with Crippen molar-refractivity contribution in [1.82, 2.24) is 34.6 Å². The zero-order valence-corrected chi connectivity index (χ0v) is 17.1. The number of carbonyl (C=O) groups is 1. The Morgan fingerprint density at radius 2 is 1.90 bits per heavy atom. The van der Waals surface area contributed by atoms with Crippen molar-refractivity contribution in [3.8, 4) is 5.82 Å². The number of carbonyl (C=O) groups excluding carboxylic acids is 1. The Bertz CT molecular complexity index is 1260.